The molecule has 33 heavy (non-hydrogen) atoms. The topological polar surface area (TPSA) is 61.7 Å². The average molecular weight is 454 g/mol. The number of aromatic nitrogens is 2. The third kappa shape index (κ3) is 4.42. The number of alkyl halides is 3. The first kappa shape index (κ1) is 21.4. The van der Waals surface area contributed by atoms with Crippen molar-refractivity contribution in [3.63, 3.8) is 0 Å². The standard InChI is InChI=1S/C24H21F3N4O2/c25-24(26,27)18-5-2-16(3-6-18)17-4-7-21-20(12-17)23(32)31-11-10-30(13-19(31)15-33-21)14-22-28-8-1-9-29-22/h1-9,12,15,23,32H,10-11,13-14H2. The molecule has 1 N–H and O–H groups in total. The molecule has 0 spiro atoms. The Kier molecular flexibility index (Phi) is 5.51. The fourth-order valence-electron chi connectivity index (χ4n) is 4.11. The molecule has 2 aliphatic rings. The van der Waals surface area contributed by atoms with Gasteiger partial charge in [-0.3, -0.25) is 4.90 Å². The van der Waals surface area contributed by atoms with Crippen LogP contribution in [-0.2, 0) is 12.7 Å². The summed E-state index contributed by atoms with van der Waals surface area (Å²) in [5.41, 5.74) is 2.03. The maximum Gasteiger partial charge on any atom is 0.416 e. The van der Waals surface area contributed by atoms with Gasteiger partial charge in [0, 0.05) is 37.6 Å². The molecule has 1 atom stereocenters. The van der Waals surface area contributed by atoms with Crippen molar-refractivity contribution in [1.82, 2.24) is 19.8 Å². The van der Waals surface area contributed by atoms with Crippen molar-refractivity contribution in [2.45, 2.75) is 18.9 Å². The van der Waals surface area contributed by atoms with Crippen molar-refractivity contribution in [3.8, 4) is 16.9 Å². The maximum absolute atomic E-state index is 12.9. The summed E-state index contributed by atoms with van der Waals surface area (Å²) in [4.78, 5) is 12.6. The van der Waals surface area contributed by atoms with Crippen molar-refractivity contribution >= 4 is 0 Å². The first-order valence-corrected chi connectivity index (χ1v) is 10.5. The van der Waals surface area contributed by atoms with Crippen molar-refractivity contribution in [2.24, 2.45) is 0 Å². The van der Waals surface area contributed by atoms with Crippen molar-refractivity contribution < 1.29 is 23.0 Å². The Morgan fingerprint density at radius 1 is 1.00 bits per heavy atom. The number of aliphatic hydroxyl groups excluding tert-OH is 1. The predicted octanol–water partition coefficient (Wildman–Crippen LogP) is 4.20. The minimum Gasteiger partial charge on any atom is -0.463 e. The van der Waals surface area contributed by atoms with Crippen LogP contribution < -0.4 is 4.74 Å². The van der Waals surface area contributed by atoms with E-state index in [1.54, 1.807) is 42.9 Å². The summed E-state index contributed by atoms with van der Waals surface area (Å²) in [5.74, 6) is 1.24. The highest BCUT2D eigenvalue weighted by Crippen LogP contribution is 2.38. The van der Waals surface area contributed by atoms with Crippen LogP contribution in [0.2, 0.25) is 0 Å². The molecule has 3 heterocycles. The van der Waals surface area contributed by atoms with Crippen LogP contribution in [0, 0.1) is 0 Å². The molecule has 3 aromatic rings. The number of fused-ring (bicyclic) bond motifs is 2. The monoisotopic (exact) mass is 454 g/mol. The number of nitrogens with zero attached hydrogens (tertiary/aromatic N) is 4. The van der Waals surface area contributed by atoms with Crippen LogP contribution >= 0.6 is 0 Å². The van der Waals surface area contributed by atoms with Gasteiger partial charge in [0.1, 0.15) is 17.8 Å². The largest absolute Gasteiger partial charge is 0.463 e. The van der Waals surface area contributed by atoms with Gasteiger partial charge >= 0.3 is 6.18 Å². The molecule has 0 bridgehead atoms. The lowest BCUT2D eigenvalue weighted by atomic mass is 10.00. The van der Waals surface area contributed by atoms with E-state index in [1.165, 1.54) is 12.1 Å². The third-order valence-electron chi connectivity index (χ3n) is 5.85. The number of hydrogen-bond acceptors (Lipinski definition) is 6. The number of piperazine rings is 1. The second-order valence-electron chi connectivity index (χ2n) is 8.00. The van der Waals surface area contributed by atoms with Gasteiger partial charge in [0.05, 0.1) is 17.8 Å². The summed E-state index contributed by atoms with van der Waals surface area (Å²) in [6.45, 7) is 2.44. The predicted molar refractivity (Wildman–Crippen MR) is 115 cm³/mol. The van der Waals surface area contributed by atoms with Crippen molar-refractivity contribution in [3.05, 3.63) is 89.8 Å². The molecule has 1 unspecified atom stereocenters. The van der Waals surface area contributed by atoms with Crippen LogP contribution in [0.3, 0.4) is 0 Å². The molecule has 0 amide bonds. The van der Waals surface area contributed by atoms with Gasteiger partial charge in [0.25, 0.3) is 0 Å². The molecule has 170 valence electrons. The molecule has 1 aromatic heterocycles. The number of halogens is 3. The first-order valence-electron chi connectivity index (χ1n) is 10.5. The summed E-state index contributed by atoms with van der Waals surface area (Å²) < 4.78 is 44.5. The Bertz CT molecular complexity index is 1170. The number of hydrogen-bond donors (Lipinski definition) is 1. The molecule has 1 fully saturated rings. The summed E-state index contributed by atoms with van der Waals surface area (Å²) in [5, 5.41) is 11.1. The van der Waals surface area contributed by atoms with E-state index >= 15 is 0 Å². The minimum absolute atomic E-state index is 0.512. The second-order valence-corrected chi connectivity index (χ2v) is 8.00. The number of ether oxygens (including phenoxy) is 1. The van der Waals surface area contributed by atoms with Crippen LogP contribution in [0.1, 0.15) is 23.2 Å². The van der Waals surface area contributed by atoms with Crippen LogP contribution in [0.5, 0.6) is 5.75 Å². The summed E-state index contributed by atoms with van der Waals surface area (Å²) in [7, 11) is 0. The summed E-state index contributed by atoms with van der Waals surface area (Å²) >= 11 is 0. The minimum atomic E-state index is -4.38. The SMILES string of the molecule is OC1c2cc(-c3ccc(C(F)(F)F)cc3)ccc2OC=C2CN(Cc3ncccn3)CCN21. The van der Waals surface area contributed by atoms with Gasteiger partial charge in [0.2, 0.25) is 0 Å². The van der Waals surface area contributed by atoms with E-state index in [1.807, 2.05) is 4.90 Å². The van der Waals surface area contributed by atoms with Crippen molar-refractivity contribution in [1.29, 1.82) is 0 Å². The number of aliphatic hydroxyl groups is 1. The molecule has 6 nitrogen and oxygen atoms in total. The van der Waals surface area contributed by atoms with Crippen molar-refractivity contribution in [2.75, 3.05) is 19.6 Å². The number of benzene rings is 2. The Morgan fingerprint density at radius 2 is 1.73 bits per heavy atom. The van der Waals surface area contributed by atoms with E-state index in [0.717, 1.165) is 23.7 Å². The van der Waals surface area contributed by atoms with E-state index in [0.29, 0.717) is 48.6 Å². The maximum atomic E-state index is 12.9. The highest BCUT2D eigenvalue weighted by Gasteiger charge is 2.32. The molecule has 1 saturated heterocycles. The Morgan fingerprint density at radius 3 is 2.45 bits per heavy atom. The van der Waals surface area contributed by atoms with Crippen LogP contribution in [0.25, 0.3) is 11.1 Å². The highest BCUT2D eigenvalue weighted by molar-refractivity contribution is 5.66. The van der Waals surface area contributed by atoms with E-state index in [2.05, 4.69) is 14.9 Å². The average Bonchev–Trinajstić information content (AvgIpc) is 2.95. The zero-order valence-corrected chi connectivity index (χ0v) is 17.5. The second kappa shape index (κ2) is 8.49. The Hall–Kier alpha value is -3.43. The van der Waals surface area contributed by atoms with Crippen LogP contribution in [0.15, 0.2) is 72.9 Å². The molecule has 0 aliphatic carbocycles. The van der Waals surface area contributed by atoms with Crippen LogP contribution in [-0.4, -0.2) is 44.5 Å². The summed E-state index contributed by atoms with van der Waals surface area (Å²) in [6.07, 6.45) is -0.251. The Labute approximate surface area is 188 Å². The lowest BCUT2D eigenvalue weighted by molar-refractivity contribution is -0.137. The molecule has 0 saturated carbocycles. The number of rotatable bonds is 3. The van der Waals surface area contributed by atoms with Gasteiger partial charge in [-0.2, -0.15) is 13.2 Å². The molecule has 2 aromatic carbocycles. The molecule has 0 radical (unpaired) electrons. The first-order chi connectivity index (χ1) is 15.9. The fraction of sp³-hybridized carbons (Fsp3) is 0.250. The smallest absolute Gasteiger partial charge is 0.416 e. The van der Waals surface area contributed by atoms with Gasteiger partial charge in [-0.05, 0) is 41.5 Å². The van der Waals surface area contributed by atoms with Gasteiger partial charge in [0.15, 0.2) is 6.23 Å². The highest BCUT2D eigenvalue weighted by atomic mass is 19.4. The fourth-order valence-corrected chi connectivity index (χ4v) is 4.11. The molecule has 5 rings (SSSR count). The van der Waals surface area contributed by atoms with E-state index in [4.69, 9.17) is 4.74 Å². The normalized spacial score (nSPS) is 18.6. The third-order valence-corrected chi connectivity index (χ3v) is 5.85. The zero-order chi connectivity index (χ0) is 23.0. The van der Waals surface area contributed by atoms with Gasteiger partial charge in [-0.15, -0.1) is 0 Å². The van der Waals surface area contributed by atoms with E-state index in [9.17, 15) is 18.3 Å². The van der Waals surface area contributed by atoms with Gasteiger partial charge in [-0.1, -0.05) is 18.2 Å². The molecule has 9 heteroatoms. The van der Waals surface area contributed by atoms with Crippen LogP contribution in [0.4, 0.5) is 13.2 Å². The zero-order valence-electron chi connectivity index (χ0n) is 17.5. The molecule has 2 aliphatic heterocycles. The van der Waals surface area contributed by atoms with E-state index in [-0.39, 0.29) is 0 Å². The van der Waals surface area contributed by atoms with Gasteiger partial charge in [-0.25, -0.2) is 9.97 Å². The van der Waals surface area contributed by atoms with E-state index < -0.39 is 18.0 Å². The lowest BCUT2D eigenvalue weighted by Crippen LogP contribution is -2.45. The lowest BCUT2D eigenvalue weighted by Gasteiger charge is -2.39. The quantitative estimate of drug-likeness (QED) is 0.640. The Balaban J connectivity index is 1.36. The molecular formula is C24H21F3N4O2. The summed E-state index contributed by atoms with van der Waals surface area (Å²) in [6, 6.07) is 12.0. The van der Waals surface area contributed by atoms with Gasteiger partial charge < -0.3 is 14.7 Å². The molecular weight excluding hydrogens is 433 g/mol.